The van der Waals surface area contributed by atoms with Crippen molar-refractivity contribution in [2.75, 3.05) is 13.6 Å². The fraction of sp³-hybridized carbons (Fsp3) is 0.500. The summed E-state index contributed by atoms with van der Waals surface area (Å²) in [7, 11) is 1.82. The molecule has 1 aromatic rings. The highest BCUT2D eigenvalue weighted by Crippen LogP contribution is 2.29. The second-order valence-electron chi connectivity index (χ2n) is 3.73. The molecule has 0 radical (unpaired) electrons. The summed E-state index contributed by atoms with van der Waals surface area (Å²) in [5.74, 6) is 1.07. The molecule has 14 heavy (non-hydrogen) atoms. The van der Waals surface area contributed by atoms with E-state index in [1.54, 1.807) is 17.0 Å². The van der Waals surface area contributed by atoms with E-state index in [9.17, 15) is 4.79 Å². The van der Waals surface area contributed by atoms with Gasteiger partial charge in [-0.1, -0.05) is 0 Å². The van der Waals surface area contributed by atoms with Crippen molar-refractivity contribution in [2.24, 2.45) is 5.92 Å². The van der Waals surface area contributed by atoms with E-state index < -0.39 is 0 Å². The van der Waals surface area contributed by atoms with Crippen LogP contribution in [0, 0.1) is 5.92 Å². The highest BCUT2D eigenvalue weighted by molar-refractivity contribution is 9.10. The molecule has 0 atom stereocenters. The van der Waals surface area contributed by atoms with Crippen molar-refractivity contribution in [1.82, 2.24) is 4.90 Å². The Hall–Kier alpha value is -0.770. The van der Waals surface area contributed by atoms with E-state index in [0.29, 0.717) is 16.3 Å². The van der Waals surface area contributed by atoms with Crippen molar-refractivity contribution >= 4 is 21.8 Å². The number of hydrogen-bond acceptors (Lipinski definition) is 2. The molecular formula is C10H12BrNO2. The molecule has 0 unspecified atom stereocenters. The van der Waals surface area contributed by atoms with Gasteiger partial charge >= 0.3 is 0 Å². The third kappa shape index (κ3) is 2.18. The van der Waals surface area contributed by atoms with Gasteiger partial charge in [0.15, 0.2) is 10.4 Å². The van der Waals surface area contributed by atoms with Gasteiger partial charge in [-0.2, -0.15) is 0 Å². The normalized spacial score (nSPS) is 15.6. The Morgan fingerprint density at radius 3 is 2.86 bits per heavy atom. The van der Waals surface area contributed by atoms with Gasteiger partial charge in [-0.05, 0) is 46.8 Å². The van der Waals surface area contributed by atoms with Crippen molar-refractivity contribution in [3.8, 4) is 0 Å². The highest BCUT2D eigenvalue weighted by atomic mass is 79.9. The number of hydrogen-bond donors (Lipinski definition) is 0. The van der Waals surface area contributed by atoms with E-state index in [1.165, 1.54) is 12.8 Å². The first-order valence-electron chi connectivity index (χ1n) is 4.67. The summed E-state index contributed by atoms with van der Waals surface area (Å²) in [6.07, 6.45) is 2.50. The Bertz CT molecular complexity index is 344. The molecule has 0 N–H and O–H groups in total. The number of carbonyl (C=O) groups is 1. The van der Waals surface area contributed by atoms with Gasteiger partial charge in [-0.3, -0.25) is 4.79 Å². The van der Waals surface area contributed by atoms with Crippen molar-refractivity contribution < 1.29 is 9.21 Å². The van der Waals surface area contributed by atoms with Crippen LogP contribution < -0.4 is 0 Å². The van der Waals surface area contributed by atoms with Crippen molar-refractivity contribution in [3.63, 3.8) is 0 Å². The zero-order chi connectivity index (χ0) is 10.1. The summed E-state index contributed by atoms with van der Waals surface area (Å²) >= 11 is 3.18. The maximum absolute atomic E-state index is 11.7. The zero-order valence-electron chi connectivity index (χ0n) is 8.00. The fourth-order valence-electron chi connectivity index (χ4n) is 1.39. The second kappa shape index (κ2) is 3.77. The van der Waals surface area contributed by atoms with Crippen molar-refractivity contribution in [3.05, 3.63) is 22.6 Å². The molecule has 0 spiro atoms. The van der Waals surface area contributed by atoms with Crippen molar-refractivity contribution in [2.45, 2.75) is 12.8 Å². The molecule has 1 fully saturated rings. The number of carbonyl (C=O) groups excluding carboxylic acids is 1. The first-order valence-corrected chi connectivity index (χ1v) is 5.47. The van der Waals surface area contributed by atoms with Gasteiger partial charge in [0, 0.05) is 13.6 Å². The lowest BCUT2D eigenvalue weighted by Crippen LogP contribution is -2.28. The summed E-state index contributed by atoms with van der Waals surface area (Å²) in [6.45, 7) is 0.844. The maximum Gasteiger partial charge on any atom is 0.289 e. The topological polar surface area (TPSA) is 33.5 Å². The van der Waals surface area contributed by atoms with Crippen LogP contribution in [-0.4, -0.2) is 24.4 Å². The van der Waals surface area contributed by atoms with Crippen LogP contribution in [-0.2, 0) is 0 Å². The lowest BCUT2D eigenvalue weighted by atomic mass is 10.3. The van der Waals surface area contributed by atoms with Gasteiger partial charge in [0.2, 0.25) is 0 Å². The van der Waals surface area contributed by atoms with Gasteiger partial charge in [0.1, 0.15) is 0 Å². The Morgan fingerprint density at radius 1 is 1.64 bits per heavy atom. The van der Waals surface area contributed by atoms with Crippen LogP contribution in [0.5, 0.6) is 0 Å². The van der Waals surface area contributed by atoms with E-state index in [4.69, 9.17) is 4.42 Å². The summed E-state index contributed by atoms with van der Waals surface area (Å²) < 4.78 is 5.79. The molecule has 0 aliphatic heterocycles. The van der Waals surface area contributed by atoms with Gasteiger partial charge in [0.05, 0.1) is 0 Å². The molecule has 76 valence electrons. The lowest BCUT2D eigenvalue weighted by Gasteiger charge is -2.14. The molecule has 2 rings (SSSR count). The number of furan rings is 1. The zero-order valence-corrected chi connectivity index (χ0v) is 9.58. The molecule has 1 aliphatic carbocycles. The molecule has 1 heterocycles. The summed E-state index contributed by atoms with van der Waals surface area (Å²) in [5, 5.41) is 0. The van der Waals surface area contributed by atoms with Crippen LogP contribution in [0.4, 0.5) is 0 Å². The predicted octanol–water partition coefficient (Wildman–Crippen LogP) is 2.52. The molecule has 1 aromatic heterocycles. The highest BCUT2D eigenvalue weighted by Gasteiger charge is 2.26. The maximum atomic E-state index is 11.7. The average molecular weight is 258 g/mol. The third-order valence-electron chi connectivity index (χ3n) is 2.36. The molecule has 3 nitrogen and oxygen atoms in total. The smallest absolute Gasteiger partial charge is 0.289 e. The standard InChI is InChI=1S/C10H12BrNO2/c1-12(6-7-2-3-7)10(13)8-4-5-9(11)14-8/h4-5,7H,2-3,6H2,1H3. The minimum Gasteiger partial charge on any atom is -0.444 e. The Morgan fingerprint density at radius 2 is 2.36 bits per heavy atom. The summed E-state index contributed by atoms with van der Waals surface area (Å²) in [6, 6.07) is 3.42. The van der Waals surface area contributed by atoms with Crippen molar-refractivity contribution in [1.29, 1.82) is 0 Å². The number of halogens is 1. The number of nitrogens with zero attached hydrogens (tertiary/aromatic N) is 1. The number of amides is 1. The number of rotatable bonds is 3. The largest absolute Gasteiger partial charge is 0.444 e. The Balaban J connectivity index is 1.99. The van der Waals surface area contributed by atoms with Crippen LogP contribution in [0.2, 0.25) is 0 Å². The van der Waals surface area contributed by atoms with Crippen LogP contribution >= 0.6 is 15.9 Å². The van der Waals surface area contributed by atoms with Gasteiger partial charge in [0.25, 0.3) is 5.91 Å². The van der Waals surface area contributed by atoms with Crippen LogP contribution in [0.3, 0.4) is 0 Å². The molecule has 0 aromatic carbocycles. The van der Waals surface area contributed by atoms with Crippen LogP contribution in [0.1, 0.15) is 23.4 Å². The molecule has 1 saturated carbocycles. The minimum atomic E-state index is -0.0393. The monoisotopic (exact) mass is 257 g/mol. The van der Waals surface area contributed by atoms with E-state index >= 15 is 0 Å². The van der Waals surface area contributed by atoms with Gasteiger partial charge < -0.3 is 9.32 Å². The first-order chi connectivity index (χ1) is 6.66. The minimum absolute atomic E-state index is 0.0393. The van der Waals surface area contributed by atoms with E-state index in [0.717, 1.165) is 6.54 Å². The van der Waals surface area contributed by atoms with Crippen LogP contribution in [0.15, 0.2) is 21.2 Å². The van der Waals surface area contributed by atoms with E-state index in [2.05, 4.69) is 15.9 Å². The van der Waals surface area contributed by atoms with Gasteiger partial charge in [-0.25, -0.2) is 0 Å². The SMILES string of the molecule is CN(CC1CC1)C(=O)c1ccc(Br)o1. The molecule has 1 amide bonds. The molecule has 4 heteroatoms. The molecule has 0 bridgehead atoms. The van der Waals surface area contributed by atoms with Crippen LogP contribution in [0.25, 0.3) is 0 Å². The second-order valence-corrected chi connectivity index (χ2v) is 4.51. The van der Waals surface area contributed by atoms with E-state index in [1.807, 2.05) is 7.05 Å². The summed E-state index contributed by atoms with van der Waals surface area (Å²) in [5.41, 5.74) is 0. The van der Waals surface area contributed by atoms with Gasteiger partial charge in [-0.15, -0.1) is 0 Å². The first kappa shape index (κ1) is 9.77. The third-order valence-corrected chi connectivity index (χ3v) is 2.79. The Labute approximate surface area is 91.2 Å². The predicted molar refractivity (Wildman–Crippen MR) is 56.1 cm³/mol. The Kier molecular flexibility index (Phi) is 2.63. The quantitative estimate of drug-likeness (QED) is 0.834. The molecule has 1 aliphatic rings. The van der Waals surface area contributed by atoms with E-state index in [-0.39, 0.29) is 5.91 Å². The molecule has 0 saturated heterocycles. The molecular weight excluding hydrogens is 246 g/mol. The lowest BCUT2D eigenvalue weighted by molar-refractivity contribution is 0.0756. The average Bonchev–Trinajstić information content (AvgIpc) is 2.85. The summed E-state index contributed by atoms with van der Waals surface area (Å²) in [4.78, 5) is 13.5. The fourth-order valence-corrected chi connectivity index (χ4v) is 1.69.